The summed E-state index contributed by atoms with van der Waals surface area (Å²) in [4.78, 5) is 11.2. The van der Waals surface area contributed by atoms with Crippen LogP contribution in [-0.4, -0.2) is 23.3 Å². The van der Waals surface area contributed by atoms with Gasteiger partial charge in [-0.15, -0.1) is 0 Å². The van der Waals surface area contributed by atoms with Crippen molar-refractivity contribution in [2.75, 3.05) is 7.11 Å². The number of esters is 1. The zero-order valence-corrected chi connectivity index (χ0v) is 9.06. The van der Waals surface area contributed by atoms with Gasteiger partial charge in [0.25, 0.3) is 0 Å². The van der Waals surface area contributed by atoms with Crippen molar-refractivity contribution in [2.24, 2.45) is 0 Å². The van der Waals surface area contributed by atoms with E-state index in [0.717, 1.165) is 30.4 Å². The SMILES string of the molecule is COC(=O)C(O)c1cc2c(cc1O)CCC2. The molecule has 1 atom stereocenters. The highest BCUT2D eigenvalue weighted by atomic mass is 16.5. The lowest BCUT2D eigenvalue weighted by atomic mass is 10.0. The van der Waals surface area contributed by atoms with Crippen LogP contribution in [0.25, 0.3) is 0 Å². The summed E-state index contributed by atoms with van der Waals surface area (Å²) in [6.45, 7) is 0. The van der Waals surface area contributed by atoms with Gasteiger partial charge < -0.3 is 14.9 Å². The number of ether oxygens (including phenoxy) is 1. The van der Waals surface area contributed by atoms with E-state index in [0.29, 0.717) is 0 Å². The van der Waals surface area contributed by atoms with E-state index in [1.54, 1.807) is 12.1 Å². The Morgan fingerprint density at radius 3 is 2.62 bits per heavy atom. The third-order valence-electron chi connectivity index (χ3n) is 2.96. The number of aromatic hydroxyl groups is 1. The minimum absolute atomic E-state index is 0.0430. The molecule has 86 valence electrons. The van der Waals surface area contributed by atoms with Crippen LogP contribution in [0, 0.1) is 0 Å². The van der Waals surface area contributed by atoms with Crippen molar-refractivity contribution in [3.8, 4) is 5.75 Å². The molecular formula is C12H14O4. The van der Waals surface area contributed by atoms with Gasteiger partial charge in [-0.25, -0.2) is 4.79 Å². The summed E-state index contributed by atoms with van der Waals surface area (Å²) in [6, 6.07) is 3.32. The van der Waals surface area contributed by atoms with Crippen molar-refractivity contribution in [2.45, 2.75) is 25.4 Å². The molecule has 0 aliphatic heterocycles. The smallest absolute Gasteiger partial charge is 0.339 e. The molecule has 0 saturated carbocycles. The zero-order chi connectivity index (χ0) is 11.7. The van der Waals surface area contributed by atoms with Crippen molar-refractivity contribution in [1.29, 1.82) is 0 Å². The topological polar surface area (TPSA) is 66.8 Å². The van der Waals surface area contributed by atoms with Crippen molar-refractivity contribution >= 4 is 5.97 Å². The number of fused-ring (bicyclic) bond motifs is 1. The molecule has 16 heavy (non-hydrogen) atoms. The lowest BCUT2D eigenvalue weighted by Crippen LogP contribution is -2.14. The number of aryl methyl sites for hydroxylation is 2. The molecule has 1 unspecified atom stereocenters. The number of phenolic OH excluding ortho intramolecular Hbond substituents is 1. The number of carbonyl (C=O) groups excluding carboxylic acids is 1. The van der Waals surface area contributed by atoms with Crippen LogP contribution in [0.3, 0.4) is 0 Å². The van der Waals surface area contributed by atoms with Gasteiger partial charge in [0.2, 0.25) is 0 Å². The summed E-state index contributed by atoms with van der Waals surface area (Å²) in [6.07, 6.45) is 1.51. The molecule has 4 heteroatoms. The number of aliphatic hydroxyl groups is 1. The number of methoxy groups -OCH3 is 1. The predicted octanol–water partition coefficient (Wildman–Crippen LogP) is 1.09. The maximum absolute atomic E-state index is 11.2. The molecule has 0 radical (unpaired) electrons. The molecule has 1 aliphatic rings. The first-order valence-corrected chi connectivity index (χ1v) is 5.24. The van der Waals surface area contributed by atoms with E-state index in [2.05, 4.69) is 4.74 Å². The normalized spacial score (nSPS) is 15.6. The number of aliphatic hydroxyl groups excluding tert-OH is 1. The molecule has 0 spiro atoms. The lowest BCUT2D eigenvalue weighted by molar-refractivity contribution is -0.150. The molecule has 4 nitrogen and oxygen atoms in total. The standard InChI is InChI=1S/C12H14O4/c1-16-12(15)11(14)9-5-7-3-2-4-8(7)6-10(9)13/h5-6,11,13-14H,2-4H2,1H3. The monoisotopic (exact) mass is 222 g/mol. The minimum Gasteiger partial charge on any atom is -0.508 e. The Morgan fingerprint density at radius 2 is 2.00 bits per heavy atom. The van der Waals surface area contributed by atoms with Crippen molar-refractivity contribution in [3.05, 3.63) is 28.8 Å². The highest BCUT2D eigenvalue weighted by molar-refractivity contribution is 5.77. The molecule has 1 aromatic carbocycles. The number of rotatable bonds is 2. The Kier molecular flexibility index (Phi) is 2.83. The average molecular weight is 222 g/mol. The van der Waals surface area contributed by atoms with Crippen LogP contribution in [0.2, 0.25) is 0 Å². The fraction of sp³-hybridized carbons (Fsp3) is 0.417. The largest absolute Gasteiger partial charge is 0.508 e. The molecular weight excluding hydrogens is 208 g/mol. The second-order valence-electron chi connectivity index (χ2n) is 3.96. The van der Waals surface area contributed by atoms with Gasteiger partial charge in [-0.1, -0.05) is 0 Å². The molecule has 2 N–H and O–H groups in total. The Morgan fingerprint density at radius 1 is 1.38 bits per heavy atom. The van der Waals surface area contributed by atoms with Crippen molar-refractivity contribution in [1.82, 2.24) is 0 Å². The summed E-state index contributed by atoms with van der Waals surface area (Å²) in [7, 11) is 1.20. The van der Waals surface area contributed by atoms with Gasteiger partial charge in [-0.2, -0.15) is 0 Å². The summed E-state index contributed by atoms with van der Waals surface area (Å²) >= 11 is 0. The quantitative estimate of drug-likeness (QED) is 0.735. The fourth-order valence-corrected chi connectivity index (χ4v) is 2.09. The second kappa shape index (κ2) is 4.14. The van der Waals surface area contributed by atoms with Gasteiger partial charge in [0.1, 0.15) is 5.75 Å². The van der Waals surface area contributed by atoms with Gasteiger partial charge >= 0.3 is 5.97 Å². The third kappa shape index (κ3) is 1.76. The van der Waals surface area contributed by atoms with Gasteiger partial charge in [0.15, 0.2) is 6.10 Å². The number of phenols is 1. The third-order valence-corrected chi connectivity index (χ3v) is 2.96. The first-order valence-electron chi connectivity index (χ1n) is 5.24. The number of carbonyl (C=O) groups is 1. The van der Waals surface area contributed by atoms with E-state index in [-0.39, 0.29) is 11.3 Å². The van der Waals surface area contributed by atoms with Crippen LogP contribution >= 0.6 is 0 Å². The maximum Gasteiger partial charge on any atom is 0.339 e. The van der Waals surface area contributed by atoms with Crippen molar-refractivity contribution < 1.29 is 19.7 Å². The van der Waals surface area contributed by atoms with Crippen LogP contribution < -0.4 is 0 Å². The van der Waals surface area contributed by atoms with Crippen molar-refractivity contribution in [3.63, 3.8) is 0 Å². The fourth-order valence-electron chi connectivity index (χ4n) is 2.09. The van der Waals surface area contributed by atoms with E-state index in [9.17, 15) is 15.0 Å². The van der Waals surface area contributed by atoms with Gasteiger partial charge in [0, 0.05) is 5.56 Å². The van der Waals surface area contributed by atoms with E-state index in [1.165, 1.54) is 7.11 Å². The molecule has 0 saturated heterocycles. The Bertz CT molecular complexity index is 425. The van der Waals surface area contributed by atoms with Gasteiger partial charge in [-0.05, 0) is 42.5 Å². The average Bonchev–Trinajstić information content (AvgIpc) is 2.72. The van der Waals surface area contributed by atoms with Crippen LogP contribution in [-0.2, 0) is 22.4 Å². The molecule has 0 fully saturated rings. The minimum atomic E-state index is -1.41. The molecule has 1 aliphatic carbocycles. The van der Waals surface area contributed by atoms with Gasteiger partial charge in [0.05, 0.1) is 7.11 Å². The zero-order valence-electron chi connectivity index (χ0n) is 9.06. The molecule has 0 amide bonds. The van der Waals surface area contributed by atoms with E-state index in [1.807, 2.05) is 0 Å². The number of hydrogen-bond donors (Lipinski definition) is 2. The molecule has 0 aromatic heterocycles. The van der Waals surface area contributed by atoms with E-state index < -0.39 is 12.1 Å². The van der Waals surface area contributed by atoms with E-state index in [4.69, 9.17) is 0 Å². The molecule has 1 aromatic rings. The number of benzene rings is 1. The first kappa shape index (κ1) is 11.0. The lowest BCUT2D eigenvalue weighted by Gasteiger charge is -2.12. The molecule has 2 rings (SSSR count). The summed E-state index contributed by atoms with van der Waals surface area (Å²) in [5.41, 5.74) is 2.42. The molecule has 0 heterocycles. The van der Waals surface area contributed by atoms with Crippen LogP contribution in [0.5, 0.6) is 5.75 Å². The first-order chi connectivity index (χ1) is 7.63. The highest BCUT2D eigenvalue weighted by Gasteiger charge is 2.24. The van der Waals surface area contributed by atoms with Crippen LogP contribution in [0.1, 0.15) is 29.2 Å². The summed E-state index contributed by atoms with van der Waals surface area (Å²) in [5, 5.41) is 19.4. The van der Waals surface area contributed by atoms with Crippen LogP contribution in [0.15, 0.2) is 12.1 Å². The summed E-state index contributed by atoms with van der Waals surface area (Å²) in [5.74, 6) is -0.799. The van der Waals surface area contributed by atoms with Gasteiger partial charge in [-0.3, -0.25) is 0 Å². The summed E-state index contributed by atoms with van der Waals surface area (Å²) < 4.78 is 4.44. The molecule has 0 bridgehead atoms. The van der Waals surface area contributed by atoms with E-state index >= 15 is 0 Å². The maximum atomic E-state index is 11.2. The highest BCUT2D eigenvalue weighted by Crippen LogP contribution is 2.32. The Labute approximate surface area is 93.5 Å². The number of hydrogen-bond acceptors (Lipinski definition) is 4. The second-order valence-corrected chi connectivity index (χ2v) is 3.96. The Balaban J connectivity index is 2.38. The predicted molar refractivity (Wildman–Crippen MR) is 57.1 cm³/mol. The van der Waals surface area contributed by atoms with Crippen LogP contribution in [0.4, 0.5) is 0 Å². The Hall–Kier alpha value is -1.55.